The van der Waals surface area contributed by atoms with Gasteiger partial charge >= 0.3 is 5.97 Å². The van der Waals surface area contributed by atoms with Crippen LogP contribution in [0, 0.1) is 13.8 Å². The van der Waals surface area contributed by atoms with E-state index in [1.807, 2.05) is 32.0 Å². The lowest BCUT2D eigenvalue weighted by molar-refractivity contribution is -0.140. The number of carboxylic acid groups (broad SMARTS) is 1. The summed E-state index contributed by atoms with van der Waals surface area (Å²) in [5.74, 6) is -1.42. The van der Waals surface area contributed by atoms with E-state index in [2.05, 4.69) is 0 Å². The number of carbonyl (C=O) groups is 2. The number of nitrogens with zero attached hydrogens (tertiary/aromatic N) is 1. The summed E-state index contributed by atoms with van der Waals surface area (Å²) >= 11 is 6.18. The minimum atomic E-state index is -1.08. The SMILES string of the molecule is Cc1cc(C)cc(/C=C2/SC(=S)N(CC(=O)O)C2=O)c1. The van der Waals surface area contributed by atoms with Gasteiger partial charge in [-0.05, 0) is 25.5 Å². The molecule has 1 saturated heterocycles. The minimum absolute atomic E-state index is 0.285. The number of aliphatic carboxylic acids is 1. The number of hydrogen-bond donors (Lipinski definition) is 1. The Hall–Kier alpha value is -1.66. The van der Waals surface area contributed by atoms with Crippen molar-refractivity contribution < 1.29 is 14.7 Å². The number of thioether (sulfide) groups is 1. The molecule has 1 aliphatic rings. The van der Waals surface area contributed by atoms with Crippen LogP contribution in [0.25, 0.3) is 6.08 Å². The monoisotopic (exact) mass is 307 g/mol. The van der Waals surface area contributed by atoms with Crippen molar-refractivity contribution in [3.05, 3.63) is 39.8 Å². The Morgan fingerprint density at radius 3 is 2.50 bits per heavy atom. The third-order valence-corrected chi connectivity index (χ3v) is 4.09. The van der Waals surface area contributed by atoms with E-state index in [0.29, 0.717) is 4.91 Å². The average molecular weight is 307 g/mol. The maximum Gasteiger partial charge on any atom is 0.323 e. The second-order valence-corrected chi connectivity index (χ2v) is 6.26. The van der Waals surface area contributed by atoms with Crippen molar-refractivity contribution in [2.24, 2.45) is 0 Å². The molecule has 4 nitrogen and oxygen atoms in total. The molecule has 104 valence electrons. The summed E-state index contributed by atoms with van der Waals surface area (Å²) in [6.07, 6.45) is 1.75. The lowest BCUT2D eigenvalue weighted by Crippen LogP contribution is -2.33. The Bertz CT molecular complexity index is 617. The summed E-state index contributed by atoms with van der Waals surface area (Å²) < 4.78 is 0.285. The number of amides is 1. The molecule has 0 spiro atoms. The third kappa shape index (κ3) is 3.26. The van der Waals surface area contributed by atoms with Crippen molar-refractivity contribution in [2.45, 2.75) is 13.8 Å². The molecule has 1 fully saturated rings. The highest BCUT2D eigenvalue weighted by Crippen LogP contribution is 2.32. The highest BCUT2D eigenvalue weighted by molar-refractivity contribution is 8.26. The molecule has 0 unspecified atom stereocenters. The smallest absolute Gasteiger partial charge is 0.323 e. The lowest BCUT2D eigenvalue weighted by atomic mass is 10.1. The van der Waals surface area contributed by atoms with Crippen molar-refractivity contribution in [1.82, 2.24) is 4.90 Å². The zero-order valence-corrected chi connectivity index (χ0v) is 12.7. The first kappa shape index (κ1) is 14.7. The largest absolute Gasteiger partial charge is 0.480 e. The van der Waals surface area contributed by atoms with Crippen molar-refractivity contribution in [3.8, 4) is 0 Å². The molecule has 1 aliphatic heterocycles. The molecule has 1 aromatic carbocycles. The van der Waals surface area contributed by atoms with Gasteiger partial charge in [-0.15, -0.1) is 0 Å². The van der Waals surface area contributed by atoms with E-state index in [1.165, 1.54) is 0 Å². The number of thiocarbonyl (C=S) groups is 1. The maximum absolute atomic E-state index is 12.1. The number of hydrogen-bond acceptors (Lipinski definition) is 4. The summed E-state index contributed by atoms with van der Waals surface area (Å²) in [5, 5.41) is 8.78. The minimum Gasteiger partial charge on any atom is -0.480 e. The van der Waals surface area contributed by atoms with Gasteiger partial charge < -0.3 is 5.11 Å². The van der Waals surface area contributed by atoms with Gasteiger partial charge in [0.1, 0.15) is 10.9 Å². The van der Waals surface area contributed by atoms with E-state index in [1.54, 1.807) is 6.08 Å². The molecule has 0 bridgehead atoms. The molecule has 6 heteroatoms. The van der Waals surface area contributed by atoms with Crippen LogP contribution in [0.4, 0.5) is 0 Å². The van der Waals surface area contributed by atoms with Crippen molar-refractivity contribution in [3.63, 3.8) is 0 Å². The first-order valence-electron chi connectivity index (χ1n) is 5.92. The van der Waals surface area contributed by atoms with Crippen LogP contribution in [-0.4, -0.2) is 32.7 Å². The van der Waals surface area contributed by atoms with E-state index in [4.69, 9.17) is 17.3 Å². The summed E-state index contributed by atoms with van der Waals surface area (Å²) in [5.41, 5.74) is 3.13. The second kappa shape index (κ2) is 5.76. The van der Waals surface area contributed by atoms with Gasteiger partial charge in [0.05, 0.1) is 4.91 Å². The molecule has 1 amide bonds. The highest BCUT2D eigenvalue weighted by Gasteiger charge is 2.33. The van der Waals surface area contributed by atoms with E-state index in [-0.39, 0.29) is 10.2 Å². The Kier molecular flexibility index (Phi) is 4.25. The van der Waals surface area contributed by atoms with Crippen LogP contribution in [0.15, 0.2) is 23.1 Å². The van der Waals surface area contributed by atoms with Crippen molar-refractivity contribution in [2.75, 3.05) is 6.54 Å². The predicted molar refractivity (Wildman–Crippen MR) is 83.4 cm³/mol. The average Bonchev–Trinajstić information content (AvgIpc) is 2.55. The maximum atomic E-state index is 12.1. The lowest BCUT2D eigenvalue weighted by Gasteiger charge is -2.10. The number of benzene rings is 1. The molecule has 0 saturated carbocycles. The van der Waals surface area contributed by atoms with Crippen LogP contribution in [0.2, 0.25) is 0 Å². The van der Waals surface area contributed by atoms with Crippen LogP contribution >= 0.6 is 24.0 Å². The topological polar surface area (TPSA) is 57.6 Å². The molecule has 0 aromatic heterocycles. The van der Waals surface area contributed by atoms with E-state index in [0.717, 1.165) is 33.4 Å². The zero-order valence-electron chi connectivity index (χ0n) is 11.0. The predicted octanol–water partition coefficient (Wildman–Crippen LogP) is 2.59. The van der Waals surface area contributed by atoms with E-state index >= 15 is 0 Å². The third-order valence-electron chi connectivity index (χ3n) is 2.71. The number of aryl methyl sites for hydroxylation is 2. The second-order valence-electron chi connectivity index (χ2n) is 4.58. The molecule has 0 aliphatic carbocycles. The quantitative estimate of drug-likeness (QED) is 0.687. The Balaban J connectivity index is 2.29. The molecule has 2 rings (SSSR count). The van der Waals surface area contributed by atoms with Crippen molar-refractivity contribution in [1.29, 1.82) is 0 Å². The molecule has 1 aromatic rings. The van der Waals surface area contributed by atoms with Gasteiger partial charge in [0, 0.05) is 0 Å². The molecule has 0 radical (unpaired) electrons. The fourth-order valence-electron chi connectivity index (χ4n) is 2.02. The molecular weight excluding hydrogens is 294 g/mol. The number of carbonyl (C=O) groups excluding carboxylic acids is 1. The summed E-state index contributed by atoms with van der Waals surface area (Å²) in [6.45, 7) is 3.58. The Labute approximate surface area is 126 Å². The Morgan fingerprint density at radius 1 is 1.35 bits per heavy atom. The van der Waals surface area contributed by atoms with Crippen LogP contribution in [0.5, 0.6) is 0 Å². The van der Waals surface area contributed by atoms with Gasteiger partial charge in [-0.2, -0.15) is 0 Å². The van der Waals surface area contributed by atoms with E-state index in [9.17, 15) is 9.59 Å². The first-order valence-corrected chi connectivity index (χ1v) is 7.15. The van der Waals surface area contributed by atoms with Crippen molar-refractivity contribution >= 4 is 46.3 Å². The zero-order chi connectivity index (χ0) is 14.9. The van der Waals surface area contributed by atoms with Gasteiger partial charge in [-0.1, -0.05) is 53.3 Å². The fraction of sp³-hybridized carbons (Fsp3) is 0.214. The van der Waals surface area contributed by atoms with Crippen LogP contribution in [0.3, 0.4) is 0 Å². The molecule has 0 atom stereocenters. The summed E-state index contributed by atoms with van der Waals surface area (Å²) in [6, 6.07) is 5.99. The molecular formula is C14H13NO3S2. The highest BCUT2D eigenvalue weighted by atomic mass is 32.2. The van der Waals surface area contributed by atoms with Gasteiger partial charge in [-0.3, -0.25) is 14.5 Å². The van der Waals surface area contributed by atoms with Crippen LogP contribution < -0.4 is 0 Å². The first-order chi connectivity index (χ1) is 9.36. The Morgan fingerprint density at radius 2 is 1.95 bits per heavy atom. The summed E-state index contributed by atoms with van der Waals surface area (Å²) in [4.78, 5) is 24.4. The van der Waals surface area contributed by atoms with Crippen LogP contribution in [-0.2, 0) is 9.59 Å². The molecule has 1 heterocycles. The van der Waals surface area contributed by atoms with Gasteiger partial charge in [-0.25, -0.2) is 0 Å². The normalized spacial score (nSPS) is 17.1. The van der Waals surface area contributed by atoms with Crippen LogP contribution in [0.1, 0.15) is 16.7 Å². The van der Waals surface area contributed by atoms with Gasteiger partial charge in [0.25, 0.3) is 5.91 Å². The molecule has 1 N–H and O–H groups in total. The van der Waals surface area contributed by atoms with E-state index < -0.39 is 12.5 Å². The molecule has 20 heavy (non-hydrogen) atoms. The number of carboxylic acids is 1. The standard InChI is InChI=1S/C14H13NO3S2/c1-8-3-9(2)5-10(4-8)6-11-13(18)15(7-12(16)17)14(19)20-11/h3-6H,7H2,1-2H3,(H,16,17)/b11-6+. The van der Waals surface area contributed by atoms with Gasteiger partial charge in [0.15, 0.2) is 0 Å². The summed E-state index contributed by atoms with van der Waals surface area (Å²) in [7, 11) is 0. The fourth-order valence-corrected chi connectivity index (χ4v) is 3.27. The number of rotatable bonds is 3. The van der Waals surface area contributed by atoms with Gasteiger partial charge in [0.2, 0.25) is 0 Å².